The fraction of sp³-hybridized carbons (Fsp3) is 0.583. The summed E-state index contributed by atoms with van der Waals surface area (Å²) in [7, 11) is 0. The van der Waals surface area contributed by atoms with E-state index < -0.39 is 0 Å². The fourth-order valence-corrected chi connectivity index (χ4v) is 4.61. The van der Waals surface area contributed by atoms with E-state index in [1.807, 2.05) is 0 Å². The van der Waals surface area contributed by atoms with Crippen LogP contribution >= 0.6 is 0 Å². The molecule has 4 unspecified atom stereocenters. The highest BCUT2D eigenvalue weighted by Crippen LogP contribution is 2.40. The SMILES string of the molecule is CC1CNc2ccccc2C1.CCC1CC(C)(CC)NC2=CC=CCC21. The van der Waals surface area contributed by atoms with Crippen LogP contribution in [-0.4, -0.2) is 12.1 Å². The van der Waals surface area contributed by atoms with E-state index in [1.54, 1.807) is 0 Å². The average molecular weight is 353 g/mol. The van der Waals surface area contributed by atoms with Gasteiger partial charge in [-0.15, -0.1) is 0 Å². The Hall–Kier alpha value is -1.70. The van der Waals surface area contributed by atoms with Crippen LogP contribution in [-0.2, 0) is 6.42 Å². The average Bonchev–Trinajstić information content (AvgIpc) is 2.67. The number of benzene rings is 1. The van der Waals surface area contributed by atoms with Gasteiger partial charge in [0.05, 0.1) is 0 Å². The summed E-state index contributed by atoms with van der Waals surface area (Å²) >= 11 is 0. The summed E-state index contributed by atoms with van der Waals surface area (Å²) in [5.41, 5.74) is 4.60. The zero-order valence-corrected chi connectivity index (χ0v) is 17.0. The molecule has 1 saturated heterocycles. The molecular formula is C24H36N2. The lowest BCUT2D eigenvalue weighted by Gasteiger charge is -2.46. The maximum Gasteiger partial charge on any atom is 0.0372 e. The van der Waals surface area contributed by atoms with Crippen LogP contribution in [0.4, 0.5) is 5.69 Å². The van der Waals surface area contributed by atoms with Crippen molar-refractivity contribution in [3.63, 3.8) is 0 Å². The maximum atomic E-state index is 3.76. The third kappa shape index (κ3) is 4.34. The van der Waals surface area contributed by atoms with E-state index in [0.717, 1.165) is 24.3 Å². The molecule has 0 aromatic heterocycles. The van der Waals surface area contributed by atoms with Crippen molar-refractivity contribution in [2.24, 2.45) is 17.8 Å². The van der Waals surface area contributed by atoms with Gasteiger partial charge in [0.15, 0.2) is 0 Å². The van der Waals surface area contributed by atoms with Crippen LogP contribution in [0.5, 0.6) is 0 Å². The number of fused-ring (bicyclic) bond motifs is 2. The number of anilines is 1. The lowest BCUT2D eigenvalue weighted by Crippen LogP contribution is -2.50. The molecule has 2 aliphatic heterocycles. The van der Waals surface area contributed by atoms with Gasteiger partial charge in [-0.3, -0.25) is 0 Å². The molecule has 1 aromatic carbocycles. The van der Waals surface area contributed by atoms with Crippen molar-refractivity contribution in [3.05, 3.63) is 53.8 Å². The fourth-order valence-electron chi connectivity index (χ4n) is 4.61. The minimum absolute atomic E-state index is 0.328. The highest BCUT2D eigenvalue weighted by Gasteiger charge is 2.38. The lowest BCUT2D eigenvalue weighted by atomic mass is 9.71. The number of nitrogens with one attached hydrogen (secondary N) is 2. The van der Waals surface area contributed by atoms with E-state index in [0.29, 0.717) is 5.54 Å². The summed E-state index contributed by atoms with van der Waals surface area (Å²) in [6.45, 7) is 10.4. The summed E-state index contributed by atoms with van der Waals surface area (Å²) in [6, 6.07) is 8.56. The molecule has 0 amide bonds. The monoisotopic (exact) mass is 352 g/mol. The van der Waals surface area contributed by atoms with Gasteiger partial charge in [0, 0.05) is 29.4 Å². The minimum Gasteiger partial charge on any atom is -0.385 e. The van der Waals surface area contributed by atoms with Crippen LogP contribution in [0.3, 0.4) is 0 Å². The van der Waals surface area contributed by atoms with Gasteiger partial charge < -0.3 is 10.6 Å². The van der Waals surface area contributed by atoms with Crippen molar-refractivity contribution in [2.45, 2.75) is 65.3 Å². The van der Waals surface area contributed by atoms with E-state index >= 15 is 0 Å². The molecule has 26 heavy (non-hydrogen) atoms. The second kappa shape index (κ2) is 8.33. The molecule has 1 aromatic rings. The number of hydrogen-bond acceptors (Lipinski definition) is 2. The van der Waals surface area contributed by atoms with Gasteiger partial charge >= 0.3 is 0 Å². The van der Waals surface area contributed by atoms with Gasteiger partial charge in [-0.2, -0.15) is 0 Å². The normalized spacial score (nSPS) is 32.0. The Kier molecular flexibility index (Phi) is 6.11. The molecule has 0 radical (unpaired) electrons. The first-order chi connectivity index (χ1) is 12.5. The molecule has 1 aliphatic carbocycles. The Bertz CT molecular complexity index is 660. The van der Waals surface area contributed by atoms with Crippen LogP contribution < -0.4 is 10.6 Å². The van der Waals surface area contributed by atoms with Crippen LogP contribution in [0.2, 0.25) is 0 Å². The summed E-state index contributed by atoms with van der Waals surface area (Å²) in [5.74, 6) is 2.41. The highest BCUT2D eigenvalue weighted by molar-refractivity contribution is 5.52. The van der Waals surface area contributed by atoms with Crippen LogP contribution in [0.1, 0.15) is 58.9 Å². The Balaban J connectivity index is 0.000000158. The quantitative estimate of drug-likeness (QED) is 0.690. The Morgan fingerprint density at radius 2 is 2.00 bits per heavy atom. The first-order valence-electron chi connectivity index (χ1n) is 10.5. The van der Waals surface area contributed by atoms with Crippen LogP contribution in [0, 0.1) is 17.8 Å². The third-order valence-electron chi connectivity index (χ3n) is 6.46. The van der Waals surface area contributed by atoms with Crippen molar-refractivity contribution in [1.82, 2.24) is 5.32 Å². The van der Waals surface area contributed by atoms with Crippen LogP contribution in [0.15, 0.2) is 48.2 Å². The molecule has 142 valence electrons. The van der Waals surface area contributed by atoms with Gasteiger partial charge in [-0.05, 0) is 62.1 Å². The minimum atomic E-state index is 0.328. The van der Waals surface area contributed by atoms with E-state index in [1.165, 1.54) is 49.1 Å². The lowest BCUT2D eigenvalue weighted by molar-refractivity contribution is 0.176. The van der Waals surface area contributed by atoms with Crippen LogP contribution in [0.25, 0.3) is 0 Å². The molecule has 2 N–H and O–H groups in total. The standard InChI is InChI=1S/C14H23N.C10H13N/c1-4-11-10-14(3,5-2)15-13-9-7-6-8-12(11)13;1-8-6-9-4-2-3-5-10(9)11-7-8/h6-7,9,11-12,15H,4-5,8,10H2,1-3H3;2-5,8,11H,6-7H2,1H3. The zero-order valence-electron chi connectivity index (χ0n) is 17.0. The van der Waals surface area contributed by atoms with Gasteiger partial charge in [-0.25, -0.2) is 0 Å². The van der Waals surface area contributed by atoms with Crippen molar-refractivity contribution in [3.8, 4) is 0 Å². The van der Waals surface area contributed by atoms with Crippen molar-refractivity contribution in [1.29, 1.82) is 0 Å². The molecule has 2 nitrogen and oxygen atoms in total. The predicted octanol–water partition coefficient (Wildman–Crippen LogP) is 5.93. The molecule has 4 rings (SSSR count). The third-order valence-corrected chi connectivity index (χ3v) is 6.46. The smallest absolute Gasteiger partial charge is 0.0372 e. The second-order valence-corrected chi connectivity index (χ2v) is 8.65. The molecule has 0 spiro atoms. The highest BCUT2D eigenvalue weighted by atomic mass is 15.0. The van der Waals surface area contributed by atoms with E-state index in [2.05, 4.69) is 80.8 Å². The first kappa shape index (κ1) is 19.1. The summed E-state index contributed by atoms with van der Waals surface area (Å²) in [6.07, 6.45) is 13.1. The zero-order chi connectivity index (χ0) is 18.6. The largest absolute Gasteiger partial charge is 0.385 e. The van der Waals surface area contributed by atoms with E-state index in [9.17, 15) is 0 Å². The molecule has 0 saturated carbocycles. The number of hydrogen-bond donors (Lipinski definition) is 2. The van der Waals surface area contributed by atoms with Gasteiger partial charge in [0.25, 0.3) is 0 Å². The molecule has 3 aliphatic rings. The van der Waals surface area contributed by atoms with Crippen molar-refractivity contribution >= 4 is 5.69 Å². The topological polar surface area (TPSA) is 24.1 Å². The molecule has 2 heterocycles. The number of allylic oxidation sites excluding steroid dienone is 4. The summed E-state index contributed by atoms with van der Waals surface area (Å²) in [5, 5.41) is 7.17. The maximum absolute atomic E-state index is 3.76. The van der Waals surface area contributed by atoms with Gasteiger partial charge in [0.1, 0.15) is 0 Å². The van der Waals surface area contributed by atoms with E-state index in [4.69, 9.17) is 0 Å². The van der Waals surface area contributed by atoms with Crippen molar-refractivity contribution < 1.29 is 0 Å². The van der Waals surface area contributed by atoms with Crippen molar-refractivity contribution in [2.75, 3.05) is 11.9 Å². The Labute approximate surface area is 160 Å². The number of piperidine rings is 1. The molecule has 1 fully saturated rings. The van der Waals surface area contributed by atoms with Gasteiger partial charge in [0.2, 0.25) is 0 Å². The first-order valence-corrected chi connectivity index (χ1v) is 10.5. The van der Waals surface area contributed by atoms with Gasteiger partial charge in [-0.1, -0.05) is 57.5 Å². The van der Waals surface area contributed by atoms with E-state index in [-0.39, 0.29) is 0 Å². The molecular weight excluding hydrogens is 316 g/mol. The number of rotatable bonds is 2. The predicted molar refractivity (Wildman–Crippen MR) is 113 cm³/mol. The summed E-state index contributed by atoms with van der Waals surface area (Å²) < 4.78 is 0. The molecule has 0 bridgehead atoms. The molecule has 4 atom stereocenters. The Morgan fingerprint density at radius 1 is 1.19 bits per heavy atom. The second-order valence-electron chi connectivity index (χ2n) is 8.65. The molecule has 2 heteroatoms. The summed E-state index contributed by atoms with van der Waals surface area (Å²) in [4.78, 5) is 0. The number of para-hydroxylation sites is 1. The Morgan fingerprint density at radius 3 is 2.77 bits per heavy atom.